The standard InChI is InChI=1S/C46H30N2S/c1-3-12-31(13-4-1)33-15-11-18-35(28-33)47(37-24-27-45-42(30-37)39-20-9-10-21-44(39)49-45)36-23-26-43-41(29-36)40-25-22-32-14-7-8-19-38(32)46(40)48(43)34-16-5-2-6-17-34/h1-30H. The van der Waals surface area contributed by atoms with Crippen LogP contribution in [0.5, 0.6) is 0 Å². The number of aromatic nitrogens is 1. The molecular weight excluding hydrogens is 613 g/mol. The summed E-state index contributed by atoms with van der Waals surface area (Å²) < 4.78 is 5.05. The Morgan fingerprint density at radius 1 is 0.388 bits per heavy atom. The third kappa shape index (κ3) is 4.55. The first kappa shape index (κ1) is 27.9. The van der Waals surface area contributed by atoms with Gasteiger partial charge in [0, 0.05) is 59.1 Å². The number of hydrogen-bond donors (Lipinski definition) is 0. The molecule has 10 rings (SSSR count). The van der Waals surface area contributed by atoms with Gasteiger partial charge in [0.05, 0.1) is 11.0 Å². The average molecular weight is 643 g/mol. The van der Waals surface area contributed by atoms with E-state index in [1.54, 1.807) is 0 Å². The van der Waals surface area contributed by atoms with Crippen molar-refractivity contribution in [3.05, 3.63) is 182 Å². The Kier molecular flexibility index (Phi) is 6.39. The lowest BCUT2D eigenvalue weighted by atomic mass is 10.0. The number of anilines is 3. The summed E-state index contributed by atoms with van der Waals surface area (Å²) >= 11 is 1.86. The largest absolute Gasteiger partial charge is 0.310 e. The minimum Gasteiger partial charge on any atom is -0.310 e. The van der Waals surface area contributed by atoms with Gasteiger partial charge in [-0.3, -0.25) is 0 Å². The summed E-state index contributed by atoms with van der Waals surface area (Å²) in [6, 6.07) is 66.2. The lowest BCUT2D eigenvalue weighted by molar-refractivity contribution is 1.18. The highest BCUT2D eigenvalue weighted by atomic mass is 32.1. The molecule has 0 amide bonds. The fourth-order valence-electron chi connectivity index (χ4n) is 7.51. The summed E-state index contributed by atoms with van der Waals surface area (Å²) in [5.74, 6) is 0. The summed E-state index contributed by atoms with van der Waals surface area (Å²) in [6.45, 7) is 0. The first-order valence-electron chi connectivity index (χ1n) is 16.7. The molecular formula is C46H30N2S. The number of thiophene rings is 1. The minimum atomic E-state index is 1.12. The lowest BCUT2D eigenvalue weighted by Gasteiger charge is -2.26. The first-order chi connectivity index (χ1) is 24.3. The van der Waals surface area contributed by atoms with Crippen molar-refractivity contribution in [2.45, 2.75) is 0 Å². The maximum absolute atomic E-state index is 2.43. The van der Waals surface area contributed by atoms with Crippen molar-refractivity contribution in [1.29, 1.82) is 0 Å². The SMILES string of the molecule is c1ccc(-c2cccc(N(c3ccc4sc5ccccc5c4c3)c3ccc4c(c3)c3ccc5ccccc5c3n4-c3ccccc3)c2)cc1. The zero-order valence-electron chi connectivity index (χ0n) is 26.6. The van der Waals surface area contributed by atoms with Crippen LogP contribution in [-0.2, 0) is 0 Å². The minimum absolute atomic E-state index is 1.12. The predicted octanol–water partition coefficient (Wildman–Crippen LogP) is 13.4. The summed E-state index contributed by atoms with van der Waals surface area (Å²) in [5, 5.41) is 7.56. The molecule has 0 bridgehead atoms. The van der Waals surface area contributed by atoms with Gasteiger partial charge >= 0.3 is 0 Å². The van der Waals surface area contributed by atoms with Crippen LogP contribution >= 0.6 is 11.3 Å². The zero-order valence-corrected chi connectivity index (χ0v) is 27.4. The first-order valence-corrected chi connectivity index (χ1v) is 17.5. The van der Waals surface area contributed by atoms with Gasteiger partial charge < -0.3 is 9.47 Å². The molecule has 3 heteroatoms. The number of benzene rings is 8. The second kappa shape index (κ2) is 11.2. The summed E-state index contributed by atoms with van der Waals surface area (Å²) in [7, 11) is 0. The molecule has 0 spiro atoms. The van der Waals surface area contributed by atoms with E-state index >= 15 is 0 Å². The number of para-hydroxylation sites is 1. The lowest BCUT2D eigenvalue weighted by Crippen LogP contribution is -2.10. The Morgan fingerprint density at radius 3 is 1.90 bits per heavy atom. The molecule has 230 valence electrons. The molecule has 2 heterocycles. The Morgan fingerprint density at radius 2 is 1.04 bits per heavy atom. The molecule has 49 heavy (non-hydrogen) atoms. The van der Waals surface area contributed by atoms with E-state index in [-0.39, 0.29) is 0 Å². The third-order valence-electron chi connectivity index (χ3n) is 9.74. The number of hydrogen-bond acceptors (Lipinski definition) is 2. The molecule has 0 aliphatic carbocycles. The van der Waals surface area contributed by atoms with Crippen LogP contribution in [0.2, 0.25) is 0 Å². The van der Waals surface area contributed by atoms with Gasteiger partial charge in [0.25, 0.3) is 0 Å². The highest BCUT2D eigenvalue weighted by Gasteiger charge is 2.20. The van der Waals surface area contributed by atoms with E-state index in [2.05, 4.69) is 191 Å². The average Bonchev–Trinajstić information content (AvgIpc) is 3.71. The summed E-state index contributed by atoms with van der Waals surface area (Å²) in [5.41, 5.74) is 9.37. The topological polar surface area (TPSA) is 8.17 Å². The second-order valence-corrected chi connectivity index (χ2v) is 13.7. The Balaban J connectivity index is 1.25. The molecule has 0 radical (unpaired) electrons. The molecule has 8 aromatic carbocycles. The maximum Gasteiger partial charge on any atom is 0.0619 e. The summed E-state index contributed by atoms with van der Waals surface area (Å²) in [6.07, 6.45) is 0. The van der Waals surface area contributed by atoms with Gasteiger partial charge in [-0.15, -0.1) is 11.3 Å². The van der Waals surface area contributed by atoms with Crippen LogP contribution in [0.3, 0.4) is 0 Å². The van der Waals surface area contributed by atoms with E-state index in [0.29, 0.717) is 0 Å². The van der Waals surface area contributed by atoms with Crippen LogP contribution in [0.15, 0.2) is 182 Å². The van der Waals surface area contributed by atoms with Crippen molar-refractivity contribution in [2.24, 2.45) is 0 Å². The van der Waals surface area contributed by atoms with Crippen molar-refractivity contribution >= 4 is 81.1 Å². The van der Waals surface area contributed by atoms with Crippen LogP contribution in [-0.4, -0.2) is 4.57 Å². The molecule has 0 aliphatic rings. The fourth-order valence-corrected chi connectivity index (χ4v) is 8.59. The molecule has 2 nitrogen and oxygen atoms in total. The van der Waals surface area contributed by atoms with Crippen LogP contribution in [0.1, 0.15) is 0 Å². The summed E-state index contributed by atoms with van der Waals surface area (Å²) in [4.78, 5) is 2.42. The Labute approximate surface area is 288 Å². The van der Waals surface area contributed by atoms with Crippen LogP contribution in [0, 0.1) is 0 Å². The molecule has 0 unspecified atom stereocenters. The van der Waals surface area contributed by atoms with Gasteiger partial charge in [-0.1, -0.05) is 115 Å². The van der Waals surface area contributed by atoms with Gasteiger partial charge in [0.1, 0.15) is 0 Å². The smallest absolute Gasteiger partial charge is 0.0619 e. The third-order valence-corrected chi connectivity index (χ3v) is 10.9. The Bertz CT molecular complexity index is 2830. The second-order valence-electron chi connectivity index (χ2n) is 12.6. The van der Waals surface area contributed by atoms with E-state index < -0.39 is 0 Å². The highest BCUT2D eigenvalue weighted by molar-refractivity contribution is 7.25. The van der Waals surface area contributed by atoms with Crippen LogP contribution in [0.4, 0.5) is 17.1 Å². The molecule has 0 atom stereocenters. The van der Waals surface area contributed by atoms with Gasteiger partial charge in [0.2, 0.25) is 0 Å². The fraction of sp³-hybridized carbons (Fsp3) is 0. The van der Waals surface area contributed by atoms with E-state index in [1.807, 2.05) is 11.3 Å². The van der Waals surface area contributed by atoms with Crippen LogP contribution in [0.25, 0.3) is 69.6 Å². The quantitative estimate of drug-likeness (QED) is 0.181. The van der Waals surface area contributed by atoms with E-state index in [1.165, 1.54) is 63.9 Å². The van der Waals surface area contributed by atoms with Gasteiger partial charge in [-0.05, 0) is 83.2 Å². The van der Waals surface area contributed by atoms with Gasteiger partial charge in [-0.25, -0.2) is 0 Å². The number of rotatable bonds is 5. The monoisotopic (exact) mass is 642 g/mol. The maximum atomic E-state index is 2.43. The number of nitrogens with zero attached hydrogens (tertiary/aromatic N) is 2. The molecule has 10 aromatic rings. The molecule has 0 saturated heterocycles. The normalized spacial score (nSPS) is 11.7. The van der Waals surface area contributed by atoms with E-state index in [4.69, 9.17) is 0 Å². The van der Waals surface area contributed by atoms with Crippen molar-refractivity contribution < 1.29 is 0 Å². The van der Waals surface area contributed by atoms with Gasteiger partial charge in [0.15, 0.2) is 0 Å². The highest BCUT2D eigenvalue weighted by Crippen LogP contribution is 2.44. The molecule has 0 N–H and O–H groups in total. The van der Waals surface area contributed by atoms with Gasteiger partial charge in [-0.2, -0.15) is 0 Å². The predicted molar refractivity (Wildman–Crippen MR) is 211 cm³/mol. The van der Waals surface area contributed by atoms with E-state index in [0.717, 1.165) is 22.7 Å². The molecule has 0 aliphatic heterocycles. The molecule has 0 fully saturated rings. The van der Waals surface area contributed by atoms with E-state index in [9.17, 15) is 0 Å². The van der Waals surface area contributed by atoms with Crippen molar-refractivity contribution in [3.63, 3.8) is 0 Å². The van der Waals surface area contributed by atoms with Crippen molar-refractivity contribution in [2.75, 3.05) is 4.90 Å². The number of fused-ring (bicyclic) bond motifs is 8. The molecule has 2 aromatic heterocycles. The van der Waals surface area contributed by atoms with Crippen LogP contribution < -0.4 is 4.90 Å². The molecule has 0 saturated carbocycles. The van der Waals surface area contributed by atoms with Crippen molar-refractivity contribution in [3.8, 4) is 16.8 Å². The zero-order chi connectivity index (χ0) is 32.3. The Hall–Kier alpha value is -6.16. The van der Waals surface area contributed by atoms with Crippen molar-refractivity contribution in [1.82, 2.24) is 4.57 Å².